The molecular formula is C13H13NO4S2. The van der Waals surface area contributed by atoms with E-state index in [2.05, 4.69) is 0 Å². The molecule has 2 aromatic rings. The first-order valence-corrected chi connectivity index (χ1v) is 7.84. The summed E-state index contributed by atoms with van der Waals surface area (Å²) in [4.78, 5) is 26.5. The van der Waals surface area contributed by atoms with Gasteiger partial charge in [-0.05, 0) is 17.5 Å². The Morgan fingerprint density at radius 2 is 2.30 bits per heavy atom. The van der Waals surface area contributed by atoms with Gasteiger partial charge in [-0.25, -0.2) is 4.79 Å². The molecule has 3 rings (SSSR count). The summed E-state index contributed by atoms with van der Waals surface area (Å²) in [5.41, 5.74) is 0. The van der Waals surface area contributed by atoms with Crippen molar-refractivity contribution in [1.29, 1.82) is 0 Å². The van der Waals surface area contributed by atoms with Crippen LogP contribution in [0.5, 0.6) is 0 Å². The summed E-state index contributed by atoms with van der Waals surface area (Å²) in [5, 5.41) is 2.00. The Hall–Kier alpha value is -1.44. The third kappa shape index (κ3) is 2.32. The SMILES string of the molecule is COC(=O)C1COCCN1C(=O)c1cc2sccc2s1. The molecule has 20 heavy (non-hydrogen) atoms. The lowest BCUT2D eigenvalue weighted by atomic mass is 10.2. The van der Waals surface area contributed by atoms with Crippen molar-refractivity contribution in [1.82, 2.24) is 4.90 Å². The number of rotatable bonds is 2. The molecule has 3 heterocycles. The number of carbonyl (C=O) groups excluding carboxylic acids is 2. The second kappa shape index (κ2) is 5.51. The molecule has 0 aliphatic carbocycles. The average Bonchev–Trinajstić information content (AvgIpc) is 3.07. The van der Waals surface area contributed by atoms with Crippen LogP contribution in [0, 0.1) is 0 Å². The third-order valence-corrected chi connectivity index (χ3v) is 5.29. The number of esters is 1. The van der Waals surface area contributed by atoms with Gasteiger partial charge in [0.15, 0.2) is 6.04 Å². The van der Waals surface area contributed by atoms with Crippen molar-refractivity contribution < 1.29 is 19.1 Å². The van der Waals surface area contributed by atoms with E-state index in [0.29, 0.717) is 18.0 Å². The van der Waals surface area contributed by atoms with Crippen LogP contribution < -0.4 is 0 Å². The summed E-state index contributed by atoms with van der Waals surface area (Å²) in [5.74, 6) is -0.562. The number of fused-ring (bicyclic) bond motifs is 1. The Kier molecular flexibility index (Phi) is 3.73. The average molecular weight is 311 g/mol. The lowest BCUT2D eigenvalue weighted by Gasteiger charge is -2.33. The second-order valence-corrected chi connectivity index (χ2v) is 6.40. The second-order valence-electron chi connectivity index (χ2n) is 4.37. The predicted molar refractivity (Wildman–Crippen MR) is 77.4 cm³/mol. The van der Waals surface area contributed by atoms with Crippen LogP contribution in [0.4, 0.5) is 0 Å². The van der Waals surface area contributed by atoms with E-state index in [4.69, 9.17) is 9.47 Å². The number of thiophene rings is 2. The number of hydrogen-bond donors (Lipinski definition) is 0. The molecule has 0 spiro atoms. The van der Waals surface area contributed by atoms with Crippen molar-refractivity contribution in [2.75, 3.05) is 26.9 Å². The maximum absolute atomic E-state index is 12.6. The Labute approximate surface area is 123 Å². The molecular weight excluding hydrogens is 298 g/mol. The molecule has 1 atom stereocenters. The van der Waals surface area contributed by atoms with Gasteiger partial charge in [0.25, 0.3) is 5.91 Å². The van der Waals surface area contributed by atoms with Crippen molar-refractivity contribution in [3.8, 4) is 0 Å². The van der Waals surface area contributed by atoms with Crippen LogP contribution in [0.15, 0.2) is 17.5 Å². The van der Waals surface area contributed by atoms with E-state index >= 15 is 0 Å². The lowest BCUT2D eigenvalue weighted by Crippen LogP contribution is -2.52. The first-order valence-electron chi connectivity index (χ1n) is 6.14. The molecule has 7 heteroatoms. The molecule has 106 valence electrons. The zero-order chi connectivity index (χ0) is 14.1. The minimum atomic E-state index is -0.651. The molecule has 0 aromatic carbocycles. The fourth-order valence-corrected chi connectivity index (χ4v) is 4.26. The zero-order valence-electron chi connectivity index (χ0n) is 10.8. The number of nitrogens with zero attached hydrogens (tertiary/aromatic N) is 1. The van der Waals surface area contributed by atoms with E-state index in [9.17, 15) is 9.59 Å². The number of morpholine rings is 1. The molecule has 0 saturated carbocycles. The van der Waals surface area contributed by atoms with Gasteiger partial charge in [-0.1, -0.05) is 0 Å². The fraction of sp³-hybridized carbons (Fsp3) is 0.385. The monoisotopic (exact) mass is 311 g/mol. The van der Waals surface area contributed by atoms with Crippen LogP contribution in [0.25, 0.3) is 9.40 Å². The molecule has 0 N–H and O–H groups in total. The lowest BCUT2D eigenvalue weighted by molar-refractivity contribution is -0.151. The van der Waals surface area contributed by atoms with Gasteiger partial charge in [0.2, 0.25) is 0 Å². The molecule has 5 nitrogen and oxygen atoms in total. The van der Waals surface area contributed by atoms with Crippen molar-refractivity contribution in [3.63, 3.8) is 0 Å². The van der Waals surface area contributed by atoms with Gasteiger partial charge in [-0.2, -0.15) is 0 Å². The molecule has 1 amide bonds. The highest BCUT2D eigenvalue weighted by Crippen LogP contribution is 2.31. The normalized spacial score (nSPS) is 19.2. The van der Waals surface area contributed by atoms with Crippen molar-refractivity contribution >= 4 is 43.9 Å². The van der Waals surface area contributed by atoms with E-state index in [1.165, 1.54) is 18.4 Å². The quantitative estimate of drug-likeness (QED) is 0.796. The third-order valence-electron chi connectivity index (χ3n) is 3.21. The fourth-order valence-electron chi connectivity index (χ4n) is 2.19. The summed E-state index contributed by atoms with van der Waals surface area (Å²) in [7, 11) is 1.32. The Morgan fingerprint density at radius 3 is 3.05 bits per heavy atom. The number of methoxy groups -OCH3 is 1. The number of amides is 1. The molecule has 1 fully saturated rings. The molecule has 1 aliphatic heterocycles. The maximum Gasteiger partial charge on any atom is 0.331 e. The molecule has 1 aliphatic rings. The molecule has 0 radical (unpaired) electrons. The van der Waals surface area contributed by atoms with Gasteiger partial charge in [0, 0.05) is 15.9 Å². The van der Waals surface area contributed by atoms with Crippen LogP contribution in [-0.2, 0) is 14.3 Å². The molecule has 0 bridgehead atoms. The van der Waals surface area contributed by atoms with Crippen LogP contribution in [-0.4, -0.2) is 49.7 Å². The number of hydrogen-bond acceptors (Lipinski definition) is 6. The first kappa shape index (κ1) is 13.5. The topological polar surface area (TPSA) is 55.8 Å². The minimum Gasteiger partial charge on any atom is -0.467 e. The van der Waals surface area contributed by atoms with Gasteiger partial charge in [0.1, 0.15) is 0 Å². The largest absolute Gasteiger partial charge is 0.467 e. The highest BCUT2D eigenvalue weighted by Gasteiger charge is 2.34. The van der Waals surface area contributed by atoms with Crippen molar-refractivity contribution in [2.45, 2.75) is 6.04 Å². The summed E-state index contributed by atoms with van der Waals surface area (Å²) < 4.78 is 12.2. The maximum atomic E-state index is 12.6. The molecule has 1 saturated heterocycles. The summed E-state index contributed by atoms with van der Waals surface area (Å²) in [6.45, 7) is 1.04. The zero-order valence-corrected chi connectivity index (χ0v) is 12.5. The van der Waals surface area contributed by atoms with Crippen LogP contribution in [0.2, 0.25) is 0 Å². The summed E-state index contributed by atoms with van der Waals surface area (Å²) >= 11 is 3.06. The summed E-state index contributed by atoms with van der Waals surface area (Å²) in [6, 6.07) is 3.23. The van der Waals surface area contributed by atoms with Gasteiger partial charge in [0.05, 0.1) is 25.2 Å². The van der Waals surface area contributed by atoms with Gasteiger partial charge in [-0.15, -0.1) is 22.7 Å². The van der Waals surface area contributed by atoms with E-state index in [1.54, 1.807) is 16.2 Å². The Balaban J connectivity index is 1.87. The van der Waals surface area contributed by atoms with E-state index < -0.39 is 12.0 Å². The van der Waals surface area contributed by atoms with Crippen molar-refractivity contribution in [2.24, 2.45) is 0 Å². The van der Waals surface area contributed by atoms with E-state index in [-0.39, 0.29) is 12.5 Å². The highest BCUT2D eigenvalue weighted by atomic mass is 32.1. The Morgan fingerprint density at radius 1 is 1.45 bits per heavy atom. The van der Waals surface area contributed by atoms with E-state index in [1.807, 2.05) is 17.5 Å². The Bertz CT molecular complexity index is 619. The molecule has 2 aromatic heterocycles. The highest BCUT2D eigenvalue weighted by molar-refractivity contribution is 7.27. The van der Waals surface area contributed by atoms with Gasteiger partial charge < -0.3 is 14.4 Å². The van der Waals surface area contributed by atoms with Gasteiger partial charge >= 0.3 is 5.97 Å². The molecule has 1 unspecified atom stereocenters. The summed E-state index contributed by atoms with van der Waals surface area (Å²) in [6.07, 6.45) is 0. The number of carbonyl (C=O) groups is 2. The van der Waals surface area contributed by atoms with E-state index in [0.717, 1.165) is 9.40 Å². The van der Waals surface area contributed by atoms with Crippen LogP contribution in [0.1, 0.15) is 9.67 Å². The van der Waals surface area contributed by atoms with Crippen LogP contribution in [0.3, 0.4) is 0 Å². The van der Waals surface area contributed by atoms with Crippen LogP contribution >= 0.6 is 22.7 Å². The predicted octanol–water partition coefficient (Wildman–Crippen LogP) is 1.98. The smallest absolute Gasteiger partial charge is 0.331 e. The van der Waals surface area contributed by atoms with Crippen molar-refractivity contribution in [3.05, 3.63) is 22.4 Å². The minimum absolute atomic E-state index is 0.128. The first-order chi connectivity index (χ1) is 9.70. The van der Waals surface area contributed by atoms with Gasteiger partial charge in [-0.3, -0.25) is 4.79 Å². The number of ether oxygens (including phenoxy) is 2. The standard InChI is InChI=1S/C13H13NO4S2/c1-17-13(16)8-7-18-4-3-14(8)12(15)11-6-10-9(20-11)2-5-19-10/h2,5-6,8H,3-4,7H2,1H3.